The Morgan fingerprint density at radius 1 is 1.23 bits per heavy atom. The molecule has 0 spiro atoms. The van der Waals surface area contributed by atoms with E-state index in [0.717, 1.165) is 5.92 Å². The Balaban J connectivity index is 2.25. The molecule has 0 aromatic heterocycles. The van der Waals surface area contributed by atoms with E-state index in [9.17, 15) is 0 Å². The number of halogens is 1. The van der Waals surface area contributed by atoms with Crippen molar-refractivity contribution in [3.05, 3.63) is 33.8 Å². The van der Waals surface area contributed by atoms with Crippen LogP contribution in [0.2, 0.25) is 0 Å². The molecule has 0 N–H and O–H groups in total. The number of aryl methyl sites for hydroxylation is 1. The van der Waals surface area contributed by atoms with Crippen LogP contribution >= 0.6 is 15.9 Å². The maximum absolute atomic E-state index is 3.59. The van der Waals surface area contributed by atoms with Crippen molar-refractivity contribution in [1.29, 1.82) is 0 Å². The van der Waals surface area contributed by atoms with Crippen molar-refractivity contribution in [3.63, 3.8) is 0 Å². The highest BCUT2D eigenvalue weighted by atomic mass is 79.9. The maximum Gasteiger partial charge on any atom is 0.0207 e. The van der Waals surface area contributed by atoms with Crippen LogP contribution in [0.5, 0.6) is 0 Å². The second-order valence-electron chi connectivity index (χ2n) is 3.99. The largest absolute Gasteiger partial charge is 0.0584 e. The number of benzene rings is 1. The minimum atomic E-state index is 0.830. The molecular weight excluding hydrogens is 224 g/mol. The molecule has 0 saturated heterocycles. The summed E-state index contributed by atoms with van der Waals surface area (Å²) >= 11 is 3.59. The van der Waals surface area contributed by atoms with Gasteiger partial charge in [-0.1, -0.05) is 40.9 Å². The minimum Gasteiger partial charge on any atom is -0.0584 e. The molecule has 2 rings (SSSR count). The zero-order valence-corrected chi connectivity index (χ0v) is 9.60. The van der Waals surface area contributed by atoms with Gasteiger partial charge in [0.05, 0.1) is 0 Å². The molecule has 0 amide bonds. The van der Waals surface area contributed by atoms with E-state index in [1.807, 2.05) is 0 Å². The van der Waals surface area contributed by atoms with Gasteiger partial charge in [-0.2, -0.15) is 0 Å². The van der Waals surface area contributed by atoms with Crippen LogP contribution in [-0.4, -0.2) is 0 Å². The summed E-state index contributed by atoms with van der Waals surface area (Å²) in [7, 11) is 0. The molecule has 0 bridgehead atoms. The lowest BCUT2D eigenvalue weighted by Crippen LogP contribution is -1.92. The molecule has 0 aliphatic heterocycles. The first-order valence-corrected chi connectivity index (χ1v) is 5.83. The van der Waals surface area contributed by atoms with E-state index in [4.69, 9.17) is 0 Å². The molecule has 1 aromatic carbocycles. The lowest BCUT2D eigenvalue weighted by atomic mass is 9.97. The highest BCUT2D eigenvalue weighted by Gasteiger charge is 2.16. The summed E-state index contributed by atoms with van der Waals surface area (Å²) in [6.45, 7) is 2.14. The monoisotopic (exact) mass is 238 g/mol. The Hall–Kier alpha value is -0.300. The van der Waals surface area contributed by atoms with Gasteiger partial charge in [0.25, 0.3) is 0 Å². The molecule has 0 heterocycles. The summed E-state index contributed by atoms with van der Waals surface area (Å²) in [6, 6.07) is 6.80. The van der Waals surface area contributed by atoms with Gasteiger partial charge in [-0.15, -0.1) is 0 Å². The number of hydrogen-bond acceptors (Lipinski definition) is 0. The summed E-state index contributed by atoms with van der Waals surface area (Å²) in [6.07, 6.45) is 5.59. The molecule has 0 radical (unpaired) electrons. The van der Waals surface area contributed by atoms with Crippen molar-refractivity contribution in [3.8, 4) is 0 Å². The average Bonchev–Trinajstić information content (AvgIpc) is 2.62. The Morgan fingerprint density at radius 3 is 2.54 bits per heavy atom. The molecule has 1 aromatic rings. The Kier molecular flexibility index (Phi) is 2.73. The highest BCUT2D eigenvalue weighted by Crippen LogP contribution is 2.35. The second-order valence-corrected chi connectivity index (χ2v) is 4.84. The van der Waals surface area contributed by atoms with Crippen molar-refractivity contribution in [2.75, 3.05) is 0 Å². The first-order valence-electron chi connectivity index (χ1n) is 5.03. The standard InChI is InChI=1S/C12H15Br/c1-9-6-7-11(8-12(9)13)10-4-2-3-5-10/h6-8,10H,2-5H2,1H3. The van der Waals surface area contributed by atoms with Crippen LogP contribution in [0.15, 0.2) is 22.7 Å². The zero-order valence-electron chi connectivity index (χ0n) is 8.02. The van der Waals surface area contributed by atoms with Gasteiger partial charge < -0.3 is 0 Å². The third-order valence-corrected chi connectivity index (χ3v) is 3.88. The fraction of sp³-hybridized carbons (Fsp3) is 0.500. The van der Waals surface area contributed by atoms with Crippen LogP contribution in [0.3, 0.4) is 0 Å². The van der Waals surface area contributed by atoms with Crippen LogP contribution in [0.25, 0.3) is 0 Å². The highest BCUT2D eigenvalue weighted by molar-refractivity contribution is 9.10. The van der Waals surface area contributed by atoms with Crippen molar-refractivity contribution < 1.29 is 0 Å². The van der Waals surface area contributed by atoms with E-state index in [1.54, 1.807) is 0 Å². The summed E-state index contributed by atoms with van der Waals surface area (Å²) in [5.74, 6) is 0.830. The minimum absolute atomic E-state index is 0.830. The first kappa shape index (κ1) is 9.26. The van der Waals surface area contributed by atoms with E-state index < -0.39 is 0 Å². The molecule has 1 fully saturated rings. The third kappa shape index (κ3) is 1.96. The topological polar surface area (TPSA) is 0 Å². The summed E-state index contributed by atoms with van der Waals surface area (Å²) < 4.78 is 1.26. The Morgan fingerprint density at radius 2 is 1.92 bits per heavy atom. The van der Waals surface area contributed by atoms with Gasteiger partial charge in [-0.25, -0.2) is 0 Å². The second kappa shape index (κ2) is 3.83. The molecule has 13 heavy (non-hydrogen) atoms. The van der Waals surface area contributed by atoms with Crippen molar-refractivity contribution in [2.45, 2.75) is 38.5 Å². The number of hydrogen-bond donors (Lipinski definition) is 0. The maximum atomic E-state index is 3.59. The lowest BCUT2D eigenvalue weighted by Gasteiger charge is -2.10. The van der Waals surface area contributed by atoms with Gasteiger partial charge >= 0.3 is 0 Å². The van der Waals surface area contributed by atoms with Gasteiger partial charge in [0.15, 0.2) is 0 Å². The van der Waals surface area contributed by atoms with E-state index in [1.165, 1.54) is 41.3 Å². The van der Waals surface area contributed by atoms with Gasteiger partial charge in [-0.3, -0.25) is 0 Å². The van der Waals surface area contributed by atoms with Crippen LogP contribution < -0.4 is 0 Å². The third-order valence-electron chi connectivity index (χ3n) is 3.02. The van der Waals surface area contributed by atoms with Crippen LogP contribution in [0.4, 0.5) is 0 Å². The molecule has 1 aliphatic rings. The predicted molar refractivity (Wildman–Crippen MR) is 60.1 cm³/mol. The van der Waals surface area contributed by atoms with Crippen molar-refractivity contribution in [1.82, 2.24) is 0 Å². The van der Waals surface area contributed by atoms with E-state index >= 15 is 0 Å². The van der Waals surface area contributed by atoms with Crippen LogP contribution in [0, 0.1) is 6.92 Å². The fourth-order valence-corrected chi connectivity index (χ4v) is 2.52. The molecule has 0 atom stereocenters. The molecule has 0 unspecified atom stereocenters. The Labute approximate surface area is 88.5 Å². The molecule has 70 valence electrons. The van der Waals surface area contributed by atoms with Crippen LogP contribution in [0.1, 0.15) is 42.7 Å². The van der Waals surface area contributed by atoms with Gasteiger partial charge in [0, 0.05) is 4.47 Å². The fourth-order valence-electron chi connectivity index (χ4n) is 2.12. The zero-order chi connectivity index (χ0) is 9.26. The predicted octanol–water partition coefficient (Wildman–Crippen LogP) is 4.42. The number of rotatable bonds is 1. The van der Waals surface area contributed by atoms with Gasteiger partial charge in [-0.05, 0) is 42.9 Å². The van der Waals surface area contributed by atoms with Crippen LogP contribution in [-0.2, 0) is 0 Å². The van der Waals surface area contributed by atoms with Gasteiger partial charge in [0.1, 0.15) is 0 Å². The van der Waals surface area contributed by atoms with E-state index in [0.29, 0.717) is 0 Å². The van der Waals surface area contributed by atoms with Gasteiger partial charge in [0.2, 0.25) is 0 Å². The first-order chi connectivity index (χ1) is 6.27. The molecular formula is C12H15Br. The molecule has 1 saturated carbocycles. The van der Waals surface area contributed by atoms with Crippen molar-refractivity contribution >= 4 is 15.9 Å². The van der Waals surface area contributed by atoms with Crippen molar-refractivity contribution in [2.24, 2.45) is 0 Å². The summed E-state index contributed by atoms with van der Waals surface area (Å²) in [5, 5.41) is 0. The normalized spacial score (nSPS) is 18.0. The lowest BCUT2D eigenvalue weighted by molar-refractivity contribution is 0.722. The quantitative estimate of drug-likeness (QED) is 0.680. The molecule has 0 nitrogen and oxygen atoms in total. The molecule has 1 aliphatic carbocycles. The summed E-state index contributed by atoms with van der Waals surface area (Å²) in [4.78, 5) is 0. The Bertz CT molecular complexity index is 298. The summed E-state index contributed by atoms with van der Waals surface area (Å²) in [5.41, 5.74) is 2.86. The molecule has 1 heteroatoms. The average molecular weight is 239 g/mol. The SMILES string of the molecule is Cc1ccc(C2CCCC2)cc1Br. The van der Waals surface area contributed by atoms with E-state index in [2.05, 4.69) is 41.1 Å². The van der Waals surface area contributed by atoms with E-state index in [-0.39, 0.29) is 0 Å². The smallest absolute Gasteiger partial charge is 0.0207 e.